The lowest BCUT2D eigenvalue weighted by atomic mass is 10.0. The van der Waals surface area contributed by atoms with Crippen LogP contribution in [0.3, 0.4) is 0 Å². The number of rotatable bonds is 38. The minimum absolute atomic E-state index is 0.0460. The second-order valence-electron chi connectivity index (χ2n) is 21.4. The van der Waals surface area contributed by atoms with E-state index in [2.05, 4.69) is 52.8 Å². The number of primary amides is 2. The molecule has 1 fully saturated rings. The number of aliphatic imine (C=N–C) groups is 1. The first-order valence-electron chi connectivity index (χ1n) is 27.2. The number of carboxylic acid groups (broad SMARTS) is 2. The zero-order valence-electron chi connectivity index (χ0n) is 48.3. The molecule has 1 aliphatic rings. The van der Waals surface area contributed by atoms with Crippen LogP contribution in [0.5, 0.6) is 0 Å². The number of nitrogens with one attached hydrogen (secondary N) is 9. The number of aliphatic hydroxyl groups excluding tert-OH is 2. The highest BCUT2D eigenvalue weighted by molar-refractivity contribution is 6.00. The molecule has 0 bridgehead atoms. The number of carbonyl (C=O) groups is 14. The smallest absolute Gasteiger partial charge is 0.326 e. The van der Waals surface area contributed by atoms with Gasteiger partial charge < -0.3 is 102 Å². The van der Waals surface area contributed by atoms with Gasteiger partial charge in [0.2, 0.25) is 70.9 Å². The monoisotopic (exact) mass is 1200 g/mol. The molecule has 0 saturated carbocycles. The number of guanidine groups is 1. The van der Waals surface area contributed by atoms with Crippen LogP contribution in [0, 0.1) is 17.8 Å². The molecule has 0 aromatic heterocycles. The number of amides is 12. The Morgan fingerprint density at radius 1 is 0.536 bits per heavy atom. The SMILES string of the molecule is CC(C)C[C@H](NC(=O)[C@H](C)NC(=O)[C@H](CO)NC(=O)[C@H](CCC(N)=O)NC(=O)[C@H](CC(=O)O)NC(=O)[C@@H](NC(=O)[C@H](CC(N)=O)NC(=O)[C@H](CO)NC(=O)[C@@H]1CCCN1C(=O)[C@H](CC(C)C)NC(=O)[C@@H](N)CCCN=C(N)N)C(C)C)C(=O)O. The van der Waals surface area contributed by atoms with E-state index in [0.29, 0.717) is 12.8 Å². The van der Waals surface area contributed by atoms with Gasteiger partial charge in [-0.2, -0.15) is 0 Å². The summed E-state index contributed by atoms with van der Waals surface area (Å²) in [5.41, 5.74) is 27.4. The number of likely N-dealkylation sites (tertiary alicyclic amines) is 1. The number of aliphatic hydroxyl groups is 2. The van der Waals surface area contributed by atoms with Crippen LogP contribution in [0.25, 0.3) is 0 Å². The molecule has 0 spiro atoms. The fourth-order valence-corrected chi connectivity index (χ4v) is 8.37. The minimum atomic E-state index is -2.06. The van der Waals surface area contributed by atoms with Gasteiger partial charge in [-0.3, -0.25) is 67.3 Å². The molecule has 1 heterocycles. The summed E-state index contributed by atoms with van der Waals surface area (Å²) >= 11 is 0. The Hall–Kier alpha value is -8.27. The van der Waals surface area contributed by atoms with Crippen LogP contribution in [-0.4, -0.2) is 207 Å². The van der Waals surface area contributed by atoms with Gasteiger partial charge in [-0.25, -0.2) is 4.79 Å². The molecule has 11 atom stereocenters. The molecular weight excluding hydrogens is 1110 g/mol. The Morgan fingerprint density at radius 3 is 1.54 bits per heavy atom. The summed E-state index contributed by atoms with van der Waals surface area (Å²) < 4.78 is 0. The number of hydrogen-bond acceptors (Lipinski definition) is 18. The molecule has 474 valence electrons. The molecule has 0 aromatic rings. The average Bonchev–Trinajstić information content (AvgIpc) is 3.79. The predicted octanol–water partition coefficient (Wildman–Crippen LogP) is -7.83. The van der Waals surface area contributed by atoms with Crippen LogP contribution < -0.4 is 76.5 Å². The topological polar surface area (TPSA) is 574 Å². The van der Waals surface area contributed by atoms with Crippen molar-refractivity contribution in [2.75, 3.05) is 26.3 Å². The van der Waals surface area contributed by atoms with E-state index in [0.717, 1.165) is 0 Å². The lowest BCUT2D eigenvalue weighted by molar-refractivity contribution is -0.143. The lowest BCUT2D eigenvalue weighted by Gasteiger charge is -2.31. The Labute approximate surface area is 484 Å². The lowest BCUT2D eigenvalue weighted by Crippen LogP contribution is -2.62. The highest BCUT2D eigenvalue weighted by Crippen LogP contribution is 2.21. The van der Waals surface area contributed by atoms with Crippen LogP contribution >= 0.6 is 0 Å². The third-order valence-electron chi connectivity index (χ3n) is 12.8. The van der Waals surface area contributed by atoms with Crippen molar-refractivity contribution in [2.24, 2.45) is 51.4 Å². The first-order chi connectivity index (χ1) is 39.1. The van der Waals surface area contributed by atoms with E-state index < -0.39 is 194 Å². The van der Waals surface area contributed by atoms with Crippen LogP contribution in [0.2, 0.25) is 0 Å². The van der Waals surface area contributed by atoms with E-state index in [4.69, 9.17) is 28.7 Å². The number of nitrogens with two attached hydrogens (primary N) is 5. The Balaban J connectivity index is 3.30. The fourth-order valence-electron chi connectivity index (χ4n) is 8.37. The van der Waals surface area contributed by atoms with Gasteiger partial charge in [-0.05, 0) is 69.6 Å². The Bertz CT molecular complexity index is 2390. The molecule has 23 N–H and O–H groups in total. The van der Waals surface area contributed by atoms with Crippen LogP contribution in [0.15, 0.2) is 4.99 Å². The van der Waals surface area contributed by atoms with Gasteiger partial charge in [0.1, 0.15) is 60.4 Å². The van der Waals surface area contributed by atoms with Crippen molar-refractivity contribution in [2.45, 2.75) is 179 Å². The Morgan fingerprint density at radius 2 is 1.01 bits per heavy atom. The van der Waals surface area contributed by atoms with Crippen molar-refractivity contribution < 1.29 is 87.5 Å². The number of carbonyl (C=O) groups excluding carboxylic acids is 12. The third-order valence-corrected chi connectivity index (χ3v) is 12.8. The van der Waals surface area contributed by atoms with Gasteiger partial charge in [-0.1, -0.05) is 41.5 Å². The first-order valence-corrected chi connectivity index (χ1v) is 27.2. The molecule has 0 aliphatic carbocycles. The molecule has 0 aromatic carbocycles. The van der Waals surface area contributed by atoms with Crippen LogP contribution in [0.4, 0.5) is 0 Å². The number of hydrogen-bond donors (Lipinski definition) is 18. The fraction of sp³-hybridized carbons (Fsp3) is 0.700. The normalized spacial score (nSPS) is 16.5. The minimum Gasteiger partial charge on any atom is -0.481 e. The van der Waals surface area contributed by atoms with Gasteiger partial charge in [0.15, 0.2) is 5.96 Å². The standard InChI is InChI=1S/C50H86N16O18/c1-22(2)16-30(61-40(74)26(51)10-8-14-56-50(54)55)48(82)66-15-9-11-34(66)46(80)64-33(21-68)45(79)59-28(18-36(53)70)43(77)65-38(24(5)6)47(81)60-29(19-37(71)72)42(76)58-27(12-13-35(52)69)41(75)63-32(20-67)44(78)57-25(7)39(73)62-31(49(83)84)17-23(3)4/h22-34,38,67-68H,8-21,51H2,1-7H3,(H2,52,69)(H2,53,70)(H,57,78)(H,58,76)(H,59,79)(H,60,81)(H,61,74)(H,62,73)(H,63,75)(H,64,80)(H,65,77)(H,71,72)(H,83,84)(H4,54,55,56)/t25-,26-,27-,28-,29-,30-,31-,32-,33-,34-,38-/m0/s1. The molecule has 34 nitrogen and oxygen atoms in total. The van der Waals surface area contributed by atoms with Crippen molar-refractivity contribution in [3.05, 3.63) is 0 Å². The van der Waals surface area contributed by atoms with E-state index in [-0.39, 0.29) is 56.6 Å². The maximum Gasteiger partial charge on any atom is 0.326 e. The van der Waals surface area contributed by atoms with Gasteiger partial charge in [0.05, 0.1) is 32.1 Å². The second-order valence-corrected chi connectivity index (χ2v) is 21.4. The summed E-state index contributed by atoms with van der Waals surface area (Å²) in [5, 5.41) is 59.9. The van der Waals surface area contributed by atoms with E-state index in [1.165, 1.54) is 25.7 Å². The number of aliphatic carboxylic acids is 2. The molecule has 12 amide bonds. The molecule has 1 rings (SSSR count). The van der Waals surface area contributed by atoms with Crippen molar-refractivity contribution in [1.82, 2.24) is 52.8 Å². The zero-order chi connectivity index (χ0) is 64.3. The summed E-state index contributed by atoms with van der Waals surface area (Å²) in [4.78, 5) is 188. The summed E-state index contributed by atoms with van der Waals surface area (Å²) in [6, 6.07) is -17.2. The summed E-state index contributed by atoms with van der Waals surface area (Å²) in [6.07, 6.45) is -2.12. The molecule has 84 heavy (non-hydrogen) atoms. The summed E-state index contributed by atoms with van der Waals surface area (Å²) in [6.45, 7) is 9.10. The van der Waals surface area contributed by atoms with E-state index in [1.807, 2.05) is 0 Å². The molecule has 0 unspecified atom stereocenters. The maximum atomic E-state index is 14.0. The highest BCUT2D eigenvalue weighted by atomic mass is 16.4. The van der Waals surface area contributed by atoms with Crippen molar-refractivity contribution in [3.8, 4) is 0 Å². The van der Waals surface area contributed by atoms with Crippen molar-refractivity contribution in [3.63, 3.8) is 0 Å². The number of nitrogens with zero attached hydrogens (tertiary/aromatic N) is 2. The molecular formula is C50H86N16O18. The molecule has 1 aliphatic heterocycles. The highest BCUT2D eigenvalue weighted by Gasteiger charge is 2.41. The third kappa shape index (κ3) is 26.3. The number of carboxylic acids is 2. The van der Waals surface area contributed by atoms with Crippen molar-refractivity contribution in [1.29, 1.82) is 0 Å². The van der Waals surface area contributed by atoms with Gasteiger partial charge >= 0.3 is 11.9 Å². The zero-order valence-corrected chi connectivity index (χ0v) is 48.3. The van der Waals surface area contributed by atoms with Gasteiger partial charge in [-0.15, -0.1) is 0 Å². The van der Waals surface area contributed by atoms with E-state index >= 15 is 0 Å². The first kappa shape index (κ1) is 73.7. The van der Waals surface area contributed by atoms with E-state index in [9.17, 15) is 87.5 Å². The molecule has 0 radical (unpaired) electrons. The second kappa shape index (κ2) is 36.3. The Kier molecular flexibility index (Phi) is 31.9. The average molecular weight is 1200 g/mol. The summed E-state index contributed by atoms with van der Waals surface area (Å²) in [7, 11) is 0. The maximum absolute atomic E-state index is 14.0. The van der Waals surface area contributed by atoms with E-state index in [1.54, 1.807) is 27.7 Å². The largest absolute Gasteiger partial charge is 0.481 e. The predicted molar refractivity (Wildman–Crippen MR) is 296 cm³/mol. The molecule has 34 heteroatoms. The van der Waals surface area contributed by atoms with Crippen LogP contribution in [-0.2, 0) is 67.1 Å². The van der Waals surface area contributed by atoms with Gasteiger partial charge in [0.25, 0.3) is 0 Å². The quantitative estimate of drug-likeness (QED) is 0.0155. The van der Waals surface area contributed by atoms with Crippen LogP contribution in [0.1, 0.15) is 113 Å². The van der Waals surface area contributed by atoms with Gasteiger partial charge in [0, 0.05) is 19.5 Å². The van der Waals surface area contributed by atoms with Crippen molar-refractivity contribution >= 4 is 88.8 Å². The summed E-state index contributed by atoms with van der Waals surface area (Å²) in [5.74, 6) is -17.1. The molecule has 1 saturated heterocycles.